The zero-order valence-corrected chi connectivity index (χ0v) is 17.8. The summed E-state index contributed by atoms with van der Waals surface area (Å²) in [6, 6.07) is 29.1. The first-order valence-corrected chi connectivity index (χ1v) is 11.3. The summed E-state index contributed by atoms with van der Waals surface area (Å²) in [5, 5.41) is 2.35. The van der Waals surface area contributed by atoms with Crippen LogP contribution in [0.3, 0.4) is 0 Å². The van der Waals surface area contributed by atoms with Crippen LogP contribution in [0, 0.1) is 5.92 Å². The molecule has 0 fully saturated rings. The molecule has 29 heavy (non-hydrogen) atoms. The summed E-state index contributed by atoms with van der Waals surface area (Å²) in [7, 11) is -0.993. The smallest absolute Gasteiger partial charge is 0.220 e. The van der Waals surface area contributed by atoms with Gasteiger partial charge in [-0.25, -0.2) is 4.99 Å². The van der Waals surface area contributed by atoms with E-state index in [0.29, 0.717) is 18.4 Å². The molecule has 0 spiro atoms. The van der Waals surface area contributed by atoms with Crippen LogP contribution in [0.2, 0.25) is 0 Å². The second-order valence-corrected chi connectivity index (χ2v) is 9.39. The number of rotatable bonds is 7. The minimum atomic E-state index is -0.993. The van der Waals surface area contributed by atoms with Crippen LogP contribution in [0.4, 0.5) is 0 Å². The lowest BCUT2D eigenvalue weighted by Gasteiger charge is -2.21. The molecule has 3 aromatic carbocycles. The summed E-state index contributed by atoms with van der Waals surface area (Å²) in [5.41, 5.74) is 0.929. The van der Waals surface area contributed by atoms with E-state index in [4.69, 9.17) is 14.3 Å². The molecule has 1 atom stereocenters. The highest BCUT2D eigenvalue weighted by Crippen LogP contribution is 2.38. The van der Waals surface area contributed by atoms with Gasteiger partial charge in [0.1, 0.15) is 12.4 Å². The molecular weight excluding hydrogens is 377 g/mol. The minimum Gasteiger partial charge on any atom is -0.475 e. The van der Waals surface area contributed by atoms with Crippen LogP contribution in [0.1, 0.15) is 25.8 Å². The van der Waals surface area contributed by atoms with Crippen LogP contribution in [-0.2, 0) is 4.74 Å². The molecule has 0 saturated heterocycles. The standard InChI is InChI=1S/C25H26NO2P/c1-19(2)17-20-18-27-25(26-20)23-15-9-10-16-24(23)28-29(21-11-5-3-6-12-21)22-13-7-4-8-14-22/h3-16,19-20H,17-18H2,1-2H3/t20-/m0/s1. The van der Waals surface area contributed by atoms with Gasteiger partial charge in [-0.3, -0.25) is 0 Å². The third-order valence-corrected chi connectivity index (χ3v) is 6.66. The number of aliphatic imine (C=N–C) groups is 1. The Morgan fingerprint density at radius 3 is 2.10 bits per heavy atom. The number of para-hydroxylation sites is 1. The molecule has 3 nitrogen and oxygen atoms in total. The monoisotopic (exact) mass is 403 g/mol. The van der Waals surface area contributed by atoms with Gasteiger partial charge in [0, 0.05) is 10.6 Å². The largest absolute Gasteiger partial charge is 0.475 e. The summed E-state index contributed by atoms with van der Waals surface area (Å²) < 4.78 is 12.6. The lowest BCUT2D eigenvalue weighted by molar-refractivity contribution is 0.301. The zero-order chi connectivity index (χ0) is 20.1. The molecule has 4 rings (SSSR count). The fraction of sp³-hybridized carbons (Fsp3) is 0.240. The quantitative estimate of drug-likeness (QED) is 0.501. The fourth-order valence-electron chi connectivity index (χ4n) is 3.43. The Balaban J connectivity index is 1.66. The van der Waals surface area contributed by atoms with Crippen molar-refractivity contribution in [2.45, 2.75) is 26.3 Å². The average Bonchev–Trinajstić information content (AvgIpc) is 3.21. The molecule has 1 heterocycles. The number of benzene rings is 3. The van der Waals surface area contributed by atoms with Gasteiger partial charge in [-0.05, 0) is 24.5 Å². The number of hydrogen-bond donors (Lipinski definition) is 0. The molecular formula is C25H26NO2P. The Kier molecular flexibility index (Phi) is 6.27. The van der Waals surface area contributed by atoms with E-state index in [9.17, 15) is 0 Å². The van der Waals surface area contributed by atoms with Crippen molar-refractivity contribution in [3.8, 4) is 5.75 Å². The van der Waals surface area contributed by atoms with Crippen LogP contribution < -0.4 is 15.1 Å². The maximum Gasteiger partial charge on any atom is 0.220 e. The first-order valence-electron chi connectivity index (χ1n) is 10.1. The highest BCUT2D eigenvalue weighted by molar-refractivity contribution is 7.68. The molecule has 0 saturated carbocycles. The molecule has 0 unspecified atom stereocenters. The third-order valence-electron chi connectivity index (χ3n) is 4.74. The molecule has 0 aromatic heterocycles. The van der Waals surface area contributed by atoms with Crippen molar-refractivity contribution in [3.63, 3.8) is 0 Å². The summed E-state index contributed by atoms with van der Waals surface area (Å²) in [6.45, 7) is 5.09. The molecule has 3 aromatic rings. The molecule has 1 aliphatic heterocycles. The second-order valence-electron chi connectivity index (χ2n) is 7.58. The minimum absolute atomic E-state index is 0.225. The Morgan fingerprint density at radius 2 is 1.48 bits per heavy atom. The normalized spacial score (nSPS) is 16.0. The molecule has 148 valence electrons. The number of hydrogen-bond acceptors (Lipinski definition) is 3. The van der Waals surface area contributed by atoms with Crippen LogP contribution in [0.15, 0.2) is 89.9 Å². The van der Waals surface area contributed by atoms with Crippen molar-refractivity contribution in [2.75, 3.05) is 6.61 Å². The topological polar surface area (TPSA) is 30.8 Å². The first kappa shape index (κ1) is 19.7. The van der Waals surface area contributed by atoms with Crippen molar-refractivity contribution >= 4 is 24.7 Å². The maximum atomic E-state index is 6.65. The van der Waals surface area contributed by atoms with Gasteiger partial charge in [-0.1, -0.05) is 86.6 Å². The van der Waals surface area contributed by atoms with Gasteiger partial charge in [-0.2, -0.15) is 0 Å². The predicted molar refractivity (Wildman–Crippen MR) is 122 cm³/mol. The van der Waals surface area contributed by atoms with Gasteiger partial charge >= 0.3 is 0 Å². The highest BCUT2D eigenvalue weighted by Gasteiger charge is 2.25. The Morgan fingerprint density at radius 1 is 0.897 bits per heavy atom. The fourth-order valence-corrected chi connectivity index (χ4v) is 5.18. The molecule has 0 amide bonds. The van der Waals surface area contributed by atoms with Gasteiger partial charge in [0.25, 0.3) is 0 Å². The van der Waals surface area contributed by atoms with E-state index < -0.39 is 8.15 Å². The van der Waals surface area contributed by atoms with Crippen molar-refractivity contribution in [3.05, 3.63) is 90.5 Å². The second kappa shape index (κ2) is 9.24. The number of nitrogens with zero attached hydrogens (tertiary/aromatic N) is 1. The summed E-state index contributed by atoms with van der Waals surface area (Å²) in [5.74, 6) is 2.11. The molecule has 0 bridgehead atoms. The van der Waals surface area contributed by atoms with E-state index in [1.165, 1.54) is 10.6 Å². The average molecular weight is 403 g/mol. The van der Waals surface area contributed by atoms with Crippen LogP contribution in [0.25, 0.3) is 0 Å². The van der Waals surface area contributed by atoms with E-state index in [1.807, 2.05) is 36.4 Å². The van der Waals surface area contributed by atoms with Gasteiger partial charge in [0.2, 0.25) is 5.90 Å². The van der Waals surface area contributed by atoms with E-state index in [1.54, 1.807) is 0 Å². The van der Waals surface area contributed by atoms with Crippen molar-refractivity contribution < 1.29 is 9.26 Å². The van der Waals surface area contributed by atoms with E-state index in [2.05, 4.69) is 62.4 Å². The summed E-state index contributed by atoms with van der Waals surface area (Å²) in [6.07, 6.45) is 1.03. The van der Waals surface area contributed by atoms with Gasteiger partial charge in [0.15, 0.2) is 8.15 Å². The van der Waals surface area contributed by atoms with Gasteiger partial charge in [-0.15, -0.1) is 0 Å². The van der Waals surface area contributed by atoms with Crippen LogP contribution in [0.5, 0.6) is 5.75 Å². The predicted octanol–water partition coefficient (Wildman–Crippen LogP) is 5.30. The molecule has 0 aliphatic carbocycles. The van der Waals surface area contributed by atoms with Crippen LogP contribution in [-0.4, -0.2) is 18.5 Å². The van der Waals surface area contributed by atoms with Crippen molar-refractivity contribution in [2.24, 2.45) is 10.9 Å². The Hall–Kier alpha value is -2.64. The SMILES string of the molecule is CC(C)C[C@H]1COC(c2ccccc2OP(c2ccccc2)c2ccccc2)=N1. The van der Waals surface area contributed by atoms with Crippen molar-refractivity contribution in [1.82, 2.24) is 0 Å². The maximum absolute atomic E-state index is 6.65. The lowest BCUT2D eigenvalue weighted by atomic mass is 10.1. The van der Waals surface area contributed by atoms with Crippen LogP contribution >= 0.6 is 8.15 Å². The Labute approximate surface area is 174 Å². The van der Waals surface area contributed by atoms with Crippen molar-refractivity contribution in [1.29, 1.82) is 0 Å². The van der Waals surface area contributed by atoms with Gasteiger partial charge < -0.3 is 9.26 Å². The Bertz CT molecular complexity index is 917. The summed E-state index contributed by atoms with van der Waals surface area (Å²) >= 11 is 0. The third kappa shape index (κ3) is 4.86. The molecule has 0 N–H and O–H groups in total. The lowest BCUT2D eigenvalue weighted by Crippen LogP contribution is -2.16. The summed E-state index contributed by atoms with van der Waals surface area (Å²) in [4.78, 5) is 4.83. The first-order chi connectivity index (χ1) is 14.2. The zero-order valence-electron chi connectivity index (χ0n) is 16.9. The van der Waals surface area contributed by atoms with E-state index >= 15 is 0 Å². The highest BCUT2D eigenvalue weighted by atomic mass is 31.1. The molecule has 4 heteroatoms. The van der Waals surface area contributed by atoms with E-state index in [-0.39, 0.29) is 6.04 Å². The molecule has 0 radical (unpaired) electrons. The number of ether oxygens (including phenoxy) is 1. The molecule has 1 aliphatic rings. The van der Waals surface area contributed by atoms with E-state index in [0.717, 1.165) is 17.7 Å². The van der Waals surface area contributed by atoms with Gasteiger partial charge in [0.05, 0.1) is 11.6 Å².